The Balaban J connectivity index is 1.24. The first-order chi connectivity index (χ1) is 18.3. The molecule has 0 atom stereocenters. The molecule has 2 heterocycles. The topological polar surface area (TPSA) is 51.8 Å². The number of nitrogens with zero attached hydrogens (tertiary/aromatic N) is 3. The molecule has 7 aromatic rings. The first-order valence-electron chi connectivity index (χ1n) is 12.2. The van der Waals surface area contributed by atoms with Crippen molar-refractivity contribution >= 4 is 22.1 Å². The number of benzene rings is 5. The maximum absolute atomic E-state index is 5.92. The molecule has 0 aliphatic carbocycles. The van der Waals surface area contributed by atoms with Crippen molar-refractivity contribution in [2.75, 3.05) is 0 Å². The van der Waals surface area contributed by atoms with Gasteiger partial charge in [0, 0.05) is 16.7 Å². The van der Waals surface area contributed by atoms with Gasteiger partial charge in [-0.3, -0.25) is 0 Å². The van der Waals surface area contributed by atoms with E-state index in [1.54, 1.807) is 0 Å². The Morgan fingerprint density at radius 3 is 1.41 bits per heavy atom. The van der Waals surface area contributed by atoms with Gasteiger partial charge >= 0.3 is 0 Å². The average molecular weight is 476 g/mol. The highest BCUT2D eigenvalue weighted by Gasteiger charge is 2.14. The molecule has 0 spiro atoms. The highest BCUT2D eigenvalue weighted by molar-refractivity contribution is 5.86. The molecule has 0 unspecified atom stereocenters. The highest BCUT2D eigenvalue weighted by Crippen LogP contribution is 2.33. The number of rotatable bonds is 4. The zero-order chi connectivity index (χ0) is 24.6. The van der Waals surface area contributed by atoms with Crippen molar-refractivity contribution in [3.05, 3.63) is 127 Å². The lowest BCUT2D eigenvalue weighted by Gasteiger charge is -2.11. The fourth-order valence-corrected chi connectivity index (χ4v) is 4.62. The first kappa shape index (κ1) is 21.2. The molecule has 0 radical (unpaired) electrons. The van der Waals surface area contributed by atoms with E-state index in [1.807, 2.05) is 66.7 Å². The van der Waals surface area contributed by atoms with Crippen LogP contribution in [0.2, 0.25) is 0 Å². The third-order valence-electron chi connectivity index (χ3n) is 6.54. The summed E-state index contributed by atoms with van der Waals surface area (Å²) in [5.41, 5.74) is 10.5. The molecule has 0 bridgehead atoms. The van der Waals surface area contributed by atoms with Crippen molar-refractivity contribution in [3.8, 4) is 45.1 Å². The minimum absolute atomic E-state index is 0.631. The van der Waals surface area contributed by atoms with E-state index in [-0.39, 0.29) is 0 Å². The second kappa shape index (κ2) is 8.85. The van der Waals surface area contributed by atoms with E-state index in [1.165, 1.54) is 0 Å². The minimum atomic E-state index is 0.631. The molecular weight excluding hydrogens is 454 g/mol. The van der Waals surface area contributed by atoms with E-state index < -0.39 is 0 Å². The molecular formula is C33H21N3O. The highest BCUT2D eigenvalue weighted by atomic mass is 16.3. The van der Waals surface area contributed by atoms with Gasteiger partial charge in [-0.2, -0.15) is 0 Å². The van der Waals surface area contributed by atoms with Crippen LogP contribution in [0.4, 0.5) is 0 Å². The zero-order valence-electron chi connectivity index (χ0n) is 19.9. The largest absolute Gasteiger partial charge is 0.436 e. The normalized spacial score (nSPS) is 11.2. The smallest absolute Gasteiger partial charge is 0.227 e. The van der Waals surface area contributed by atoms with Crippen LogP contribution in [-0.2, 0) is 0 Å². The average Bonchev–Trinajstić information content (AvgIpc) is 3.42. The van der Waals surface area contributed by atoms with Gasteiger partial charge in [0.2, 0.25) is 5.89 Å². The van der Waals surface area contributed by atoms with Crippen molar-refractivity contribution in [2.45, 2.75) is 0 Å². The molecule has 0 fully saturated rings. The van der Waals surface area contributed by atoms with Crippen LogP contribution >= 0.6 is 0 Å². The maximum atomic E-state index is 5.92. The van der Waals surface area contributed by atoms with Crippen LogP contribution in [0.5, 0.6) is 0 Å². The lowest BCUT2D eigenvalue weighted by molar-refractivity contribution is 0.620. The summed E-state index contributed by atoms with van der Waals surface area (Å²) in [5.74, 6) is 0.631. The number of aromatic nitrogens is 3. The predicted molar refractivity (Wildman–Crippen MR) is 149 cm³/mol. The molecule has 7 rings (SSSR count). The summed E-state index contributed by atoms with van der Waals surface area (Å²) in [7, 11) is 0. The zero-order valence-corrected chi connectivity index (χ0v) is 19.9. The molecule has 0 saturated carbocycles. The van der Waals surface area contributed by atoms with Gasteiger partial charge in [-0.1, -0.05) is 91.0 Å². The Hall–Kier alpha value is -5.09. The number of hydrogen-bond acceptors (Lipinski definition) is 4. The second-order valence-electron chi connectivity index (χ2n) is 8.92. The summed E-state index contributed by atoms with van der Waals surface area (Å²) >= 11 is 0. The lowest BCUT2D eigenvalue weighted by Crippen LogP contribution is -1.95. The first-order valence-corrected chi connectivity index (χ1v) is 12.2. The molecule has 0 saturated heterocycles. The maximum Gasteiger partial charge on any atom is 0.227 e. The summed E-state index contributed by atoms with van der Waals surface area (Å²) in [6.45, 7) is 0. The molecule has 0 N–H and O–H groups in total. The summed E-state index contributed by atoms with van der Waals surface area (Å²) in [5, 5.41) is 0. The van der Waals surface area contributed by atoms with E-state index in [9.17, 15) is 0 Å². The Kier molecular flexibility index (Phi) is 5.07. The standard InChI is InChI=1S/C33H21N3O/c1-2-8-24(9-3-1)31-32(35-28-11-5-4-10-27(28)34-31)25-18-14-22(15-19-25)23-16-20-26(21-17-23)33-36-29-12-6-7-13-30(29)37-33/h1-21H. The summed E-state index contributed by atoms with van der Waals surface area (Å²) < 4.78 is 5.92. The van der Waals surface area contributed by atoms with Gasteiger partial charge in [-0.25, -0.2) is 15.0 Å². The van der Waals surface area contributed by atoms with Gasteiger partial charge in [0.25, 0.3) is 0 Å². The summed E-state index contributed by atoms with van der Waals surface area (Å²) in [6, 6.07) is 42.9. The van der Waals surface area contributed by atoms with E-state index in [4.69, 9.17) is 14.4 Å². The van der Waals surface area contributed by atoms with Gasteiger partial charge in [0.05, 0.1) is 22.4 Å². The molecule has 0 aliphatic heterocycles. The monoisotopic (exact) mass is 475 g/mol. The van der Waals surface area contributed by atoms with E-state index >= 15 is 0 Å². The van der Waals surface area contributed by atoms with Gasteiger partial charge < -0.3 is 4.42 Å². The van der Waals surface area contributed by atoms with E-state index in [0.717, 1.165) is 61.3 Å². The van der Waals surface area contributed by atoms with Crippen LogP contribution < -0.4 is 0 Å². The summed E-state index contributed by atoms with van der Waals surface area (Å²) in [6.07, 6.45) is 0. The fraction of sp³-hybridized carbons (Fsp3) is 0. The fourth-order valence-electron chi connectivity index (χ4n) is 4.62. The van der Waals surface area contributed by atoms with Crippen LogP contribution in [0.25, 0.3) is 67.2 Å². The second-order valence-corrected chi connectivity index (χ2v) is 8.92. The minimum Gasteiger partial charge on any atom is -0.436 e. The molecule has 37 heavy (non-hydrogen) atoms. The third kappa shape index (κ3) is 3.95. The van der Waals surface area contributed by atoms with Crippen molar-refractivity contribution in [1.29, 1.82) is 0 Å². The Bertz CT molecular complexity index is 1820. The van der Waals surface area contributed by atoms with Crippen LogP contribution in [0, 0.1) is 0 Å². The van der Waals surface area contributed by atoms with Gasteiger partial charge in [0.1, 0.15) is 5.52 Å². The van der Waals surface area contributed by atoms with Crippen LogP contribution in [0.3, 0.4) is 0 Å². The number of hydrogen-bond donors (Lipinski definition) is 0. The van der Waals surface area contributed by atoms with Crippen LogP contribution in [0.15, 0.2) is 132 Å². The third-order valence-corrected chi connectivity index (χ3v) is 6.54. The van der Waals surface area contributed by atoms with E-state index in [2.05, 4.69) is 65.6 Å². The number of fused-ring (bicyclic) bond motifs is 2. The Morgan fingerprint density at radius 1 is 0.351 bits per heavy atom. The predicted octanol–water partition coefficient (Wildman–Crippen LogP) is 8.44. The number of para-hydroxylation sites is 4. The lowest BCUT2D eigenvalue weighted by atomic mass is 9.99. The SMILES string of the molecule is c1ccc(-c2nc3ccccc3nc2-c2ccc(-c3ccc(-c4nc5ccccc5o4)cc3)cc2)cc1. The van der Waals surface area contributed by atoms with Crippen molar-refractivity contribution in [1.82, 2.24) is 15.0 Å². The Labute approximate surface area is 213 Å². The molecule has 4 heteroatoms. The molecule has 5 aromatic carbocycles. The van der Waals surface area contributed by atoms with E-state index in [0.29, 0.717) is 5.89 Å². The summed E-state index contributed by atoms with van der Waals surface area (Å²) in [4.78, 5) is 14.6. The number of oxazole rings is 1. The van der Waals surface area contributed by atoms with Crippen LogP contribution in [0.1, 0.15) is 0 Å². The quantitative estimate of drug-likeness (QED) is 0.256. The molecule has 0 amide bonds. The molecule has 4 nitrogen and oxygen atoms in total. The van der Waals surface area contributed by atoms with Crippen molar-refractivity contribution in [3.63, 3.8) is 0 Å². The van der Waals surface area contributed by atoms with Gasteiger partial charge in [0.15, 0.2) is 5.58 Å². The molecule has 174 valence electrons. The molecule has 2 aromatic heterocycles. The van der Waals surface area contributed by atoms with Crippen molar-refractivity contribution in [2.24, 2.45) is 0 Å². The van der Waals surface area contributed by atoms with Gasteiger partial charge in [-0.15, -0.1) is 0 Å². The van der Waals surface area contributed by atoms with Crippen LogP contribution in [-0.4, -0.2) is 15.0 Å². The van der Waals surface area contributed by atoms with Gasteiger partial charge in [-0.05, 0) is 47.5 Å². The van der Waals surface area contributed by atoms with Crippen molar-refractivity contribution < 1.29 is 4.42 Å². The molecule has 0 aliphatic rings. The Morgan fingerprint density at radius 2 is 0.811 bits per heavy atom.